The second kappa shape index (κ2) is 4.72. The molecule has 108 valence electrons. The van der Waals surface area contributed by atoms with Crippen molar-refractivity contribution in [2.75, 3.05) is 32.9 Å². The van der Waals surface area contributed by atoms with Crippen molar-refractivity contribution in [1.29, 1.82) is 0 Å². The lowest BCUT2D eigenvalue weighted by Crippen LogP contribution is -2.49. The van der Waals surface area contributed by atoms with E-state index in [1.54, 1.807) is 0 Å². The molecule has 0 bridgehead atoms. The Kier molecular flexibility index (Phi) is 3.31. The number of carboxylic acids is 1. The molecule has 0 saturated carbocycles. The maximum absolute atomic E-state index is 11.3. The minimum atomic E-state index is -0.666. The van der Waals surface area contributed by atoms with Crippen molar-refractivity contribution in [2.45, 2.75) is 44.2 Å². The van der Waals surface area contributed by atoms with Gasteiger partial charge in [-0.25, -0.2) is 0 Å². The Morgan fingerprint density at radius 1 is 1.37 bits per heavy atom. The van der Waals surface area contributed by atoms with Gasteiger partial charge < -0.3 is 14.6 Å². The minimum absolute atomic E-state index is 0.0921. The van der Waals surface area contributed by atoms with Crippen LogP contribution in [0.5, 0.6) is 0 Å². The van der Waals surface area contributed by atoms with Crippen molar-refractivity contribution in [3.05, 3.63) is 0 Å². The molecule has 3 atom stereocenters. The molecule has 3 aliphatic rings. The average molecular weight is 269 g/mol. The number of nitrogens with zero attached hydrogens (tertiary/aromatic N) is 1. The first-order valence-electron chi connectivity index (χ1n) is 7.22. The van der Waals surface area contributed by atoms with Gasteiger partial charge in [0.2, 0.25) is 0 Å². The van der Waals surface area contributed by atoms with Crippen LogP contribution in [0, 0.1) is 5.41 Å². The summed E-state index contributed by atoms with van der Waals surface area (Å²) in [4.78, 5) is 13.7. The van der Waals surface area contributed by atoms with Crippen LogP contribution in [0.25, 0.3) is 0 Å². The zero-order chi connectivity index (χ0) is 13.5. The van der Waals surface area contributed by atoms with E-state index in [0.717, 1.165) is 45.4 Å². The first kappa shape index (κ1) is 13.3. The molecule has 5 heteroatoms. The summed E-state index contributed by atoms with van der Waals surface area (Å²) in [5.41, 5.74) is -0.664. The molecule has 3 saturated heterocycles. The Hall–Kier alpha value is -0.650. The molecule has 1 N–H and O–H groups in total. The van der Waals surface area contributed by atoms with Crippen LogP contribution < -0.4 is 0 Å². The number of hydrogen-bond donors (Lipinski definition) is 1. The van der Waals surface area contributed by atoms with E-state index in [0.29, 0.717) is 19.2 Å². The molecule has 1 spiro atoms. The van der Waals surface area contributed by atoms with E-state index < -0.39 is 11.4 Å². The fourth-order valence-corrected chi connectivity index (χ4v) is 3.66. The van der Waals surface area contributed by atoms with Gasteiger partial charge in [0, 0.05) is 32.2 Å². The first-order valence-corrected chi connectivity index (χ1v) is 7.22. The van der Waals surface area contributed by atoms with Gasteiger partial charge >= 0.3 is 5.97 Å². The lowest BCUT2D eigenvalue weighted by atomic mass is 9.88. The van der Waals surface area contributed by atoms with Gasteiger partial charge in [-0.05, 0) is 32.7 Å². The quantitative estimate of drug-likeness (QED) is 0.814. The van der Waals surface area contributed by atoms with Gasteiger partial charge in [0.25, 0.3) is 0 Å². The molecule has 3 heterocycles. The molecule has 0 radical (unpaired) electrons. The number of aliphatic carboxylic acids is 1. The molecule has 0 amide bonds. The normalized spacial score (nSPS) is 43.9. The number of carbonyl (C=O) groups is 1. The van der Waals surface area contributed by atoms with Crippen LogP contribution in [0.3, 0.4) is 0 Å². The number of likely N-dealkylation sites (tertiary alicyclic amines) is 1. The molecule has 0 aromatic rings. The Morgan fingerprint density at radius 3 is 2.84 bits per heavy atom. The molecular weight excluding hydrogens is 246 g/mol. The third-order valence-electron chi connectivity index (χ3n) is 5.07. The molecule has 0 aromatic carbocycles. The third kappa shape index (κ3) is 2.39. The summed E-state index contributed by atoms with van der Waals surface area (Å²) >= 11 is 0. The second-order valence-corrected chi connectivity index (χ2v) is 6.57. The largest absolute Gasteiger partial charge is 0.481 e. The van der Waals surface area contributed by atoms with Gasteiger partial charge in [-0.2, -0.15) is 0 Å². The molecule has 3 aliphatic heterocycles. The number of carboxylic acid groups (broad SMARTS) is 1. The van der Waals surface area contributed by atoms with Crippen molar-refractivity contribution in [3.8, 4) is 0 Å². The van der Waals surface area contributed by atoms with Gasteiger partial charge in [0.1, 0.15) is 0 Å². The Labute approximate surface area is 113 Å². The fourth-order valence-electron chi connectivity index (χ4n) is 3.66. The van der Waals surface area contributed by atoms with Crippen LogP contribution in [0.15, 0.2) is 0 Å². The van der Waals surface area contributed by atoms with Crippen molar-refractivity contribution in [2.24, 2.45) is 5.41 Å². The SMILES string of the molecule is CC1(C(=O)O)CCN(C2CCOC3(CCOC3)C2)C1. The van der Waals surface area contributed by atoms with Crippen LogP contribution >= 0.6 is 0 Å². The molecule has 5 nitrogen and oxygen atoms in total. The predicted molar refractivity (Wildman–Crippen MR) is 69.1 cm³/mol. The van der Waals surface area contributed by atoms with Crippen molar-refractivity contribution in [3.63, 3.8) is 0 Å². The van der Waals surface area contributed by atoms with Crippen LogP contribution in [-0.4, -0.2) is 60.5 Å². The summed E-state index contributed by atoms with van der Waals surface area (Å²) in [7, 11) is 0. The standard InChI is InChI=1S/C14H23NO4/c1-13(12(16)17)3-5-15(9-13)11-2-6-19-14(8-11)4-7-18-10-14/h11H,2-10H2,1H3,(H,16,17). The van der Waals surface area contributed by atoms with E-state index in [-0.39, 0.29) is 5.60 Å². The van der Waals surface area contributed by atoms with Gasteiger partial charge in [-0.3, -0.25) is 9.69 Å². The summed E-state index contributed by atoms with van der Waals surface area (Å²) in [6, 6.07) is 0.455. The Bertz CT molecular complexity index is 366. The zero-order valence-electron chi connectivity index (χ0n) is 11.6. The van der Waals surface area contributed by atoms with E-state index in [1.165, 1.54) is 0 Å². The van der Waals surface area contributed by atoms with Crippen LogP contribution in [-0.2, 0) is 14.3 Å². The first-order chi connectivity index (χ1) is 9.03. The zero-order valence-corrected chi connectivity index (χ0v) is 11.6. The number of ether oxygens (including phenoxy) is 2. The third-order valence-corrected chi connectivity index (χ3v) is 5.07. The lowest BCUT2D eigenvalue weighted by molar-refractivity contribution is -0.147. The fraction of sp³-hybridized carbons (Fsp3) is 0.929. The van der Waals surface area contributed by atoms with Crippen LogP contribution in [0.1, 0.15) is 32.6 Å². The van der Waals surface area contributed by atoms with Gasteiger partial charge in [-0.1, -0.05) is 0 Å². The molecule has 0 aromatic heterocycles. The molecule has 3 fully saturated rings. The van der Waals surface area contributed by atoms with E-state index >= 15 is 0 Å². The number of hydrogen-bond acceptors (Lipinski definition) is 4. The van der Waals surface area contributed by atoms with Gasteiger partial charge in [0.15, 0.2) is 0 Å². The molecule has 3 unspecified atom stereocenters. The highest BCUT2D eigenvalue weighted by molar-refractivity contribution is 5.74. The molecule has 19 heavy (non-hydrogen) atoms. The molecule has 0 aliphatic carbocycles. The highest BCUT2D eigenvalue weighted by Gasteiger charge is 2.47. The topological polar surface area (TPSA) is 59.0 Å². The summed E-state index contributed by atoms with van der Waals surface area (Å²) in [5, 5.41) is 9.32. The van der Waals surface area contributed by atoms with Crippen molar-refractivity contribution < 1.29 is 19.4 Å². The summed E-state index contributed by atoms with van der Waals surface area (Å²) in [6.45, 7) is 5.69. The maximum Gasteiger partial charge on any atom is 0.310 e. The van der Waals surface area contributed by atoms with Gasteiger partial charge in [-0.15, -0.1) is 0 Å². The molecule has 3 rings (SSSR count). The van der Waals surface area contributed by atoms with E-state index in [1.807, 2.05) is 6.92 Å². The Balaban J connectivity index is 1.65. The summed E-state index contributed by atoms with van der Waals surface area (Å²) in [6.07, 6.45) is 3.73. The van der Waals surface area contributed by atoms with E-state index in [4.69, 9.17) is 9.47 Å². The van der Waals surface area contributed by atoms with E-state index in [9.17, 15) is 9.90 Å². The van der Waals surface area contributed by atoms with Crippen molar-refractivity contribution in [1.82, 2.24) is 4.90 Å². The predicted octanol–water partition coefficient (Wildman–Crippen LogP) is 1.12. The minimum Gasteiger partial charge on any atom is -0.481 e. The smallest absolute Gasteiger partial charge is 0.310 e. The highest BCUT2D eigenvalue weighted by atomic mass is 16.6. The van der Waals surface area contributed by atoms with Crippen molar-refractivity contribution >= 4 is 5.97 Å². The summed E-state index contributed by atoms with van der Waals surface area (Å²) in [5.74, 6) is -0.666. The van der Waals surface area contributed by atoms with Crippen LogP contribution in [0.4, 0.5) is 0 Å². The lowest BCUT2D eigenvalue weighted by Gasteiger charge is -2.41. The average Bonchev–Trinajstić information content (AvgIpc) is 2.98. The Morgan fingerprint density at radius 2 is 2.21 bits per heavy atom. The van der Waals surface area contributed by atoms with Gasteiger partial charge in [0.05, 0.1) is 17.6 Å². The second-order valence-electron chi connectivity index (χ2n) is 6.57. The molecular formula is C14H23NO4. The number of rotatable bonds is 2. The maximum atomic E-state index is 11.3. The van der Waals surface area contributed by atoms with E-state index in [2.05, 4.69) is 4.90 Å². The highest BCUT2D eigenvalue weighted by Crippen LogP contribution is 2.38. The monoisotopic (exact) mass is 269 g/mol. The van der Waals surface area contributed by atoms with Crippen LogP contribution in [0.2, 0.25) is 0 Å². The summed E-state index contributed by atoms with van der Waals surface area (Å²) < 4.78 is 11.4.